The predicted molar refractivity (Wildman–Crippen MR) is 132 cm³/mol. The Morgan fingerprint density at radius 1 is 0.939 bits per heavy atom. The third kappa shape index (κ3) is 4.57. The Balaban J connectivity index is 1.37. The average molecular weight is 462 g/mol. The van der Waals surface area contributed by atoms with Crippen molar-refractivity contribution in [3.63, 3.8) is 0 Å². The van der Waals surface area contributed by atoms with Gasteiger partial charge in [-0.15, -0.1) is 5.10 Å². The maximum Gasteiger partial charge on any atom is 0.247 e. The predicted octanol–water partition coefficient (Wildman–Crippen LogP) is 4.78. The summed E-state index contributed by atoms with van der Waals surface area (Å²) in [6.07, 6.45) is 3.69. The normalized spacial score (nSPS) is 15.2. The molecular formula is C25H27N5O2S. The van der Waals surface area contributed by atoms with E-state index in [1.54, 1.807) is 28.8 Å². The van der Waals surface area contributed by atoms with Crippen molar-refractivity contribution < 1.29 is 8.42 Å². The lowest BCUT2D eigenvalue weighted by atomic mass is 9.99. The van der Waals surface area contributed by atoms with E-state index >= 15 is 0 Å². The van der Waals surface area contributed by atoms with Crippen molar-refractivity contribution in [2.75, 3.05) is 29.6 Å². The third-order valence-electron chi connectivity index (χ3n) is 6.21. The van der Waals surface area contributed by atoms with E-state index in [0.29, 0.717) is 16.5 Å². The lowest BCUT2D eigenvalue weighted by molar-refractivity contribution is 0.438. The first-order valence-electron chi connectivity index (χ1n) is 11.2. The van der Waals surface area contributed by atoms with Crippen LogP contribution < -0.4 is 10.2 Å². The summed E-state index contributed by atoms with van der Waals surface area (Å²) in [5.41, 5.74) is 4.59. The third-order valence-corrected chi connectivity index (χ3v) is 7.34. The zero-order valence-electron chi connectivity index (χ0n) is 18.8. The number of nitrogens with zero attached hydrogens (tertiary/aromatic N) is 4. The molecule has 0 radical (unpaired) electrons. The van der Waals surface area contributed by atoms with Crippen LogP contribution in [0.2, 0.25) is 0 Å². The Kier molecular flexibility index (Phi) is 5.54. The van der Waals surface area contributed by atoms with Gasteiger partial charge < -0.3 is 10.2 Å². The summed E-state index contributed by atoms with van der Waals surface area (Å²) in [7, 11) is -3.24. The van der Waals surface area contributed by atoms with Crippen LogP contribution in [0.5, 0.6) is 0 Å². The highest BCUT2D eigenvalue weighted by atomic mass is 32.2. The van der Waals surface area contributed by atoms with Crippen molar-refractivity contribution in [3.05, 3.63) is 66.7 Å². The van der Waals surface area contributed by atoms with E-state index in [1.807, 2.05) is 18.2 Å². The van der Waals surface area contributed by atoms with E-state index in [1.165, 1.54) is 24.8 Å². The Morgan fingerprint density at radius 3 is 2.30 bits per heavy atom. The SMILES string of the molecule is CC1CCN(c2ccc(Nc3nc4cccc(-c5ccc(S(C)(=O)=O)cc5)n4n3)cc2)CC1. The van der Waals surface area contributed by atoms with Crippen LogP contribution in [0.4, 0.5) is 17.3 Å². The molecule has 8 heteroatoms. The van der Waals surface area contributed by atoms with Crippen LogP contribution >= 0.6 is 0 Å². The van der Waals surface area contributed by atoms with Crippen LogP contribution in [0, 0.1) is 5.92 Å². The summed E-state index contributed by atoms with van der Waals surface area (Å²) in [4.78, 5) is 7.34. The van der Waals surface area contributed by atoms with Gasteiger partial charge in [-0.05, 0) is 67.3 Å². The number of nitrogens with one attached hydrogen (secondary N) is 1. The molecule has 7 nitrogen and oxygen atoms in total. The monoisotopic (exact) mass is 461 g/mol. The Morgan fingerprint density at radius 2 is 1.64 bits per heavy atom. The maximum absolute atomic E-state index is 11.8. The quantitative estimate of drug-likeness (QED) is 0.461. The molecule has 2 aromatic carbocycles. The van der Waals surface area contributed by atoms with Gasteiger partial charge in [0.05, 0.1) is 10.6 Å². The second kappa shape index (κ2) is 8.51. The Hall–Kier alpha value is -3.39. The minimum Gasteiger partial charge on any atom is -0.372 e. The molecule has 0 atom stereocenters. The van der Waals surface area contributed by atoms with Crippen LogP contribution in [0.1, 0.15) is 19.8 Å². The summed E-state index contributed by atoms with van der Waals surface area (Å²) >= 11 is 0. The molecule has 0 saturated carbocycles. The van der Waals surface area contributed by atoms with Gasteiger partial charge in [0.15, 0.2) is 15.5 Å². The molecule has 4 aromatic rings. The standard InChI is InChI=1S/C25H27N5O2S/c1-18-14-16-29(17-15-18)21-10-8-20(9-11-21)26-25-27-24-5-3-4-23(30(24)28-25)19-6-12-22(13-7-19)33(2,31)32/h3-13,18H,14-17H2,1-2H3,(H,26,28). The highest BCUT2D eigenvalue weighted by molar-refractivity contribution is 7.90. The summed E-state index contributed by atoms with van der Waals surface area (Å²) in [5.74, 6) is 1.32. The van der Waals surface area contributed by atoms with Crippen molar-refractivity contribution in [3.8, 4) is 11.3 Å². The molecule has 0 aliphatic carbocycles. The number of fused-ring (bicyclic) bond motifs is 1. The van der Waals surface area contributed by atoms with Gasteiger partial charge in [-0.25, -0.2) is 12.9 Å². The number of pyridine rings is 1. The second-order valence-corrected chi connectivity index (χ2v) is 10.8. The molecule has 1 saturated heterocycles. The molecule has 1 N–H and O–H groups in total. The minimum atomic E-state index is -3.24. The largest absolute Gasteiger partial charge is 0.372 e. The molecule has 170 valence electrons. The number of rotatable bonds is 5. The fraction of sp³-hybridized carbons (Fsp3) is 0.280. The van der Waals surface area contributed by atoms with Gasteiger partial charge in [-0.2, -0.15) is 4.98 Å². The van der Waals surface area contributed by atoms with Gasteiger partial charge in [-0.1, -0.05) is 25.1 Å². The lowest BCUT2D eigenvalue weighted by Crippen LogP contribution is -2.32. The molecule has 0 amide bonds. The number of hydrogen-bond donors (Lipinski definition) is 1. The van der Waals surface area contributed by atoms with Gasteiger partial charge >= 0.3 is 0 Å². The smallest absolute Gasteiger partial charge is 0.247 e. The van der Waals surface area contributed by atoms with Gasteiger partial charge in [-0.3, -0.25) is 0 Å². The van der Waals surface area contributed by atoms with E-state index in [-0.39, 0.29) is 0 Å². The van der Waals surface area contributed by atoms with Crippen LogP contribution in [-0.2, 0) is 9.84 Å². The summed E-state index contributed by atoms with van der Waals surface area (Å²) in [5, 5.41) is 7.94. The van der Waals surface area contributed by atoms with Crippen molar-refractivity contribution in [2.45, 2.75) is 24.7 Å². The zero-order valence-corrected chi connectivity index (χ0v) is 19.6. The first-order chi connectivity index (χ1) is 15.9. The topological polar surface area (TPSA) is 79.6 Å². The number of sulfone groups is 1. The van der Waals surface area contributed by atoms with E-state index in [9.17, 15) is 8.42 Å². The van der Waals surface area contributed by atoms with E-state index in [2.05, 4.69) is 51.5 Å². The van der Waals surface area contributed by atoms with Gasteiger partial charge in [0.1, 0.15) is 0 Å². The minimum absolute atomic E-state index is 0.293. The zero-order chi connectivity index (χ0) is 23.0. The first-order valence-corrected chi connectivity index (χ1v) is 13.0. The van der Waals surface area contributed by atoms with Crippen LogP contribution in [0.3, 0.4) is 0 Å². The fourth-order valence-corrected chi connectivity index (χ4v) is 4.83. The number of benzene rings is 2. The molecule has 33 heavy (non-hydrogen) atoms. The molecule has 0 spiro atoms. The summed E-state index contributed by atoms with van der Waals surface area (Å²) < 4.78 is 25.3. The Bertz CT molecular complexity index is 1370. The van der Waals surface area contributed by atoms with Crippen molar-refractivity contribution >= 4 is 32.8 Å². The molecule has 1 fully saturated rings. The number of aromatic nitrogens is 3. The summed E-state index contributed by atoms with van der Waals surface area (Å²) in [6.45, 7) is 4.54. The van der Waals surface area contributed by atoms with E-state index in [0.717, 1.165) is 36.0 Å². The molecule has 3 heterocycles. The number of hydrogen-bond acceptors (Lipinski definition) is 6. The molecule has 2 aromatic heterocycles. The lowest BCUT2D eigenvalue weighted by Gasteiger charge is -2.32. The van der Waals surface area contributed by atoms with Crippen LogP contribution in [0.25, 0.3) is 16.9 Å². The van der Waals surface area contributed by atoms with Crippen LogP contribution in [0.15, 0.2) is 71.6 Å². The number of piperidine rings is 1. The van der Waals surface area contributed by atoms with E-state index in [4.69, 9.17) is 0 Å². The fourth-order valence-electron chi connectivity index (χ4n) is 4.20. The van der Waals surface area contributed by atoms with Crippen LogP contribution in [-0.4, -0.2) is 42.4 Å². The molecule has 0 bridgehead atoms. The van der Waals surface area contributed by atoms with Crippen molar-refractivity contribution in [1.82, 2.24) is 14.6 Å². The van der Waals surface area contributed by atoms with Gasteiger partial charge in [0.25, 0.3) is 0 Å². The molecule has 0 unspecified atom stereocenters. The molecular weight excluding hydrogens is 434 g/mol. The highest BCUT2D eigenvalue weighted by Gasteiger charge is 2.16. The first kappa shape index (κ1) is 21.5. The molecule has 1 aliphatic rings. The molecule has 5 rings (SSSR count). The van der Waals surface area contributed by atoms with Crippen molar-refractivity contribution in [1.29, 1.82) is 0 Å². The maximum atomic E-state index is 11.8. The number of anilines is 3. The van der Waals surface area contributed by atoms with Gasteiger partial charge in [0.2, 0.25) is 5.95 Å². The van der Waals surface area contributed by atoms with E-state index < -0.39 is 9.84 Å². The Labute approximate surface area is 194 Å². The highest BCUT2D eigenvalue weighted by Crippen LogP contribution is 2.26. The van der Waals surface area contributed by atoms with Crippen molar-refractivity contribution in [2.24, 2.45) is 5.92 Å². The summed E-state index contributed by atoms with van der Waals surface area (Å²) in [6, 6.07) is 21.0. The second-order valence-electron chi connectivity index (χ2n) is 8.75. The van der Waals surface area contributed by atoms with Gasteiger partial charge in [0, 0.05) is 36.3 Å². The average Bonchev–Trinajstić information content (AvgIpc) is 3.22. The molecule has 1 aliphatic heterocycles.